The minimum absolute atomic E-state index is 0.0843. The van der Waals surface area contributed by atoms with Crippen molar-refractivity contribution in [3.63, 3.8) is 0 Å². The highest BCUT2D eigenvalue weighted by atomic mass is 16.5. The van der Waals surface area contributed by atoms with Gasteiger partial charge in [-0.15, -0.1) is 10.2 Å². The SMILES string of the molecule is Cc1nnc2ccc(-c3cccc(NC(=O)COc4ccc(-c5ccccc5)cc4)c3)nn12. The average molecular weight is 435 g/mol. The van der Waals surface area contributed by atoms with Crippen molar-refractivity contribution >= 4 is 17.2 Å². The molecule has 33 heavy (non-hydrogen) atoms. The largest absolute Gasteiger partial charge is 0.484 e. The molecular formula is C26H21N5O2. The zero-order valence-electron chi connectivity index (χ0n) is 18.0. The first-order valence-corrected chi connectivity index (χ1v) is 10.5. The third-order valence-corrected chi connectivity index (χ3v) is 5.19. The molecule has 0 saturated heterocycles. The van der Waals surface area contributed by atoms with Gasteiger partial charge in [-0.05, 0) is 54.4 Å². The Bertz CT molecular complexity index is 1410. The second-order valence-corrected chi connectivity index (χ2v) is 7.54. The van der Waals surface area contributed by atoms with Gasteiger partial charge >= 0.3 is 0 Å². The number of amides is 1. The average Bonchev–Trinajstić information content (AvgIpc) is 3.24. The minimum atomic E-state index is -0.239. The fourth-order valence-corrected chi connectivity index (χ4v) is 3.53. The van der Waals surface area contributed by atoms with Crippen molar-refractivity contribution in [1.82, 2.24) is 19.8 Å². The number of hydrogen-bond donors (Lipinski definition) is 1. The Labute approximate surface area is 190 Å². The Hall–Kier alpha value is -4.52. The first-order valence-electron chi connectivity index (χ1n) is 10.5. The molecule has 7 nitrogen and oxygen atoms in total. The Morgan fingerprint density at radius 3 is 2.42 bits per heavy atom. The summed E-state index contributed by atoms with van der Waals surface area (Å²) in [7, 11) is 0. The van der Waals surface area contributed by atoms with Gasteiger partial charge in [0.25, 0.3) is 5.91 Å². The first kappa shape index (κ1) is 20.4. The highest BCUT2D eigenvalue weighted by Crippen LogP contribution is 2.23. The van der Waals surface area contributed by atoms with E-state index in [0.29, 0.717) is 22.9 Å². The van der Waals surface area contributed by atoms with Crippen molar-refractivity contribution in [2.45, 2.75) is 6.92 Å². The number of aromatic nitrogens is 4. The third-order valence-electron chi connectivity index (χ3n) is 5.19. The maximum atomic E-state index is 12.4. The molecular weight excluding hydrogens is 414 g/mol. The van der Waals surface area contributed by atoms with Crippen LogP contribution in [0.15, 0.2) is 91.0 Å². The van der Waals surface area contributed by atoms with Gasteiger partial charge in [0, 0.05) is 11.3 Å². The number of nitrogens with zero attached hydrogens (tertiary/aromatic N) is 4. The first-order chi connectivity index (χ1) is 16.2. The molecule has 0 fully saturated rings. The number of ether oxygens (including phenoxy) is 1. The van der Waals surface area contributed by atoms with Crippen LogP contribution in [0.5, 0.6) is 5.75 Å². The van der Waals surface area contributed by atoms with Crippen LogP contribution >= 0.6 is 0 Å². The summed E-state index contributed by atoms with van der Waals surface area (Å²) in [6.45, 7) is 1.77. The van der Waals surface area contributed by atoms with Crippen molar-refractivity contribution in [3.05, 3.63) is 96.8 Å². The fourth-order valence-electron chi connectivity index (χ4n) is 3.53. The summed E-state index contributed by atoms with van der Waals surface area (Å²) in [4.78, 5) is 12.4. The van der Waals surface area contributed by atoms with Gasteiger partial charge in [0.15, 0.2) is 18.1 Å². The normalized spacial score (nSPS) is 10.8. The lowest BCUT2D eigenvalue weighted by atomic mass is 10.1. The number of rotatable bonds is 6. The van der Waals surface area contributed by atoms with E-state index in [-0.39, 0.29) is 12.5 Å². The smallest absolute Gasteiger partial charge is 0.262 e. The summed E-state index contributed by atoms with van der Waals surface area (Å²) in [5.41, 5.74) is 5.22. The summed E-state index contributed by atoms with van der Waals surface area (Å²) in [5, 5.41) is 15.6. The number of nitrogens with one attached hydrogen (secondary N) is 1. The van der Waals surface area contributed by atoms with Gasteiger partial charge in [0.05, 0.1) is 5.69 Å². The van der Waals surface area contributed by atoms with Crippen LogP contribution in [0.2, 0.25) is 0 Å². The zero-order chi connectivity index (χ0) is 22.6. The summed E-state index contributed by atoms with van der Waals surface area (Å²) in [6.07, 6.45) is 0. The van der Waals surface area contributed by atoms with Crippen molar-refractivity contribution in [2.24, 2.45) is 0 Å². The number of hydrogen-bond acceptors (Lipinski definition) is 5. The number of benzene rings is 3. The van der Waals surface area contributed by atoms with E-state index in [2.05, 4.69) is 32.7 Å². The molecule has 2 heterocycles. The Balaban J connectivity index is 1.22. The third kappa shape index (κ3) is 4.57. The van der Waals surface area contributed by atoms with Crippen LogP contribution in [0, 0.1) is 6.92 Å². The van der Waals surface area contributed by atoms with Gasteiger partial charge in [-0.3, -0.25) is 4.79 Å². The van der Waals surface area contributed by atoms with Crippen molar-refractivity contribution < 1.29 is 9.53 Å². The molecule has 1 N–H and O–H groups in total. The van der Waals surface area contributed by atoms with E-state index in [1.807, 2.05) is 85.8 Å². The highest BCUT2D eigenvalue weighted by molar-refractivity contribution is 5.92. The monoisotopic (exact) mass is 435 g/mol. The van der Waals surface area contributed by atoms with E-state index in [1.54, 1.807) is 4.52 Å². The molecule has 5 rings (SSSR count). The van der Waals surface area contributed by atoms with Crippen LogP contribution in [-0.2, 0) is 4.79 Å². The lowest BCUT2D eigenvalue weighted by molar-refractivity contribution is -0.118. The lowest BCUT2D eigenvalue weighted by Crippen LogP contribution is -2.20. The quantitative estimate of drug-likeness (QED) is 0.415. The molecule has 0 atom stereocenters. The number of carbonyl (C=O) groups is 1. The standard InChI is InChI=1S/C26H21N5O2/c1-18-28-29-25-15-14-24(30-31(18)25)21-8-5-9-22(16-21)27-26(32)17-33-23-12-10-20(11-13-23)19-6-3-2-4-7-19/h2-16H,17H2,1H3,(H,27,32). The van der Waals surface area contributed by atoms with Gasteiger partial charge in [0.1, 0.15) is 5.75 Å². The maximum absolute atomic E-state index is 12.4. The molecule has 7 heteroatoms. The van der Waals surface area contributed by atoms with Gasteiger partial charge in [-0.1, -0.05) is 54.6 Å². The molecule has 0 aliphatic rings. The van der Waals surface area contributed by atoms with E-state index in [4.69, 9.17) is 4.74 Å². The molecule has 5 aromatic rings. The highest BCUT2D eigenvalue weighted by Gasteiger charge is 2.08. The molecule has 0 spiro atoms. The van der Waals surface area contributed by atoms with Crippen molar-refractivity contribution in [3.8, 4) is 28.1 Å². The molecule has 0 unspecified atom stereocenters. The van der Waals surface area contributed by atoms with Crippen molar-refractivity contribution in [2.75, 3.05) is 11.9 Å². The van der Waals surface area contributed by atoms with Crippen molar-refractivity contribution in [1.29, 1.82) is 0 Å². The molecule has 0 saturated carbocycles. The van der Waals surface area contributed by atoms with Crippen LogP contribution in [0.4, 0.5) is 5.69 Å². The number of fused-ring (bicyclic) bond motifs is 1. The van der Waals surface area contributed by atoms with E-state index < -0.39 is 0 Å². The Morgan fingerprint density at radius 1 is 0.848 bits per heavy atom. The van der Waals surface area contributed by atoms with Crippen LogP contribution in [0.1, 0.15) is 5.82 Å². The Kier molecular flexibility index (Phi) is 5.51. The lowest BCUT2D eigenvalue weighted by Gasteiger charge is -2.10. The molecule has 2 aromatic heterocycles. The number of carbonyl (C=O) groups excluding carboxylic acids is 1. The second-order valence-electron chi connectivity index (χ2n) is 7.54. The molecule has 0 aliphatic carbocycles. The van der Waals surface area contributed by atoms with Crippen LogP contribution < -0.4 is 10.1 Å². The van der Waals surface area contributed by atoms with Crippen LogP contribution in [-0.4, -0.2) is 32.3 Å². The topological polar surface area (TPSA) is 81.4 Å². The van der Waals surface area contributed by atoms with E-state index >= 15 is 0 Å². The fraction of sp³-hybridized carbons (Fsp3) is 0.0769. The number of aryl methyl sites for hydroxylation is 1. The summed E-state index contributed by atoms with van der Waals surface area (Å²) in [5.74, 6) is 1.11. The minimum Gasteiger partial charge on any atom is -0.484 e. The van der Waals surface area contributed by atoms with E-state index in [1.165, 1.54) is 0 Å². The molecule has 1 amide bonds. The summed E-state index contributed by atoms with van der Waals surface area (Å²) < 4.78 is 7.35. The van der Waals surface area contributed by atoms with E-state index in [0.717, 1.165) is 22.4 Å². The van der Waals surface area contributed by atoms with Gasteiger partial charge in [-0.25, -0.2) is 0 Å². The molecule has 162 valence electrons. The maximum Gasteiger partial charge on any atom is 0.262 e. The summed E-state index contributed by atoms with van der Waals surface area (Å²) in [6, 6.07) is 29.1. The predicted molar refractivity (Wildman–Crippen MR) is 127 cm³/mol. The molecule has 3 aromatic carbocycles. The van der Waals surface area contributed by atoms with Crippen LogP contribution in [0.3, 0.4) is 0 Å². The van der Waals surface area contributed by atoms with E-state index in [9.17, 15) is 4.79 Å². The second kappa shape index (κ2) is 8.92. The predicted octanol–water partition coefficient (Wildman–Crippen LogP) is 4.78. The van der Waals surface area contributed by atoms with Gasteiger partial charge < -0.3 is 10.1 Å². The molecule has 0 radical (unpaired) electrons. The van der Waals surface area contributed by atoms with Gasteiger partial charge in [0.2, 0.25) is 0 Å². The Morgan fingerprint density at radius 2 is 1.61 bits per heavy atom. The zero-order valence-corrected chi connectivity index (χ0v) is 18.0. The summed E-state index contributed by atoms with van der Waals surface area (Å²) >= 11 is 0. The molecule has 0 aliphatic heterocycles. The number of anilines is 1. The molecule has 0 bridgehead atoms. The van der Waals surface area contributed by atoms with Crippen LogP contribution in [0.25, 0.3) is 28.0 Å². The van der Waals surface area contributed by atoms with Gasteiger partial charge in [-0.2, -0.15) is 9.61 Å².